The molecule has 4 rings (SSSR count). The van der Waals surface area contributed by atoms with E-state index in [0.29, 0.717) is 30.8 Å². The summed E-state index contributed by atoms with van der Waals surface area (Å²) >= 11 is 0. The zero-order valence-corrected chi connectivity index (χ0v) is 19.7. The first kappa shape index (κ1) is 22.8. The van der Waals surface area contributed by atoms with Crippen molar-refractivity contribution in [1.82, 2.24) is 9.62 Å². The van der Waals surface area contributed by atoms with Crippen molar-refractivity contribution in [2.75, 3.05) is 20.2 Å². The number of amides is 1. The summed E-state index contributed by atoms with van der Waals surface area (Å²) in [6.07, 6.45) is 7.10. The number of methoxy groups -OCH3 is 1. The number of hydrogen-bond donors (Lipinski definition) is 1. The fourth-order valence-electron chi connectivity index (χ4n) is 4.72. The van der Waals surface area contributed by atoms with Crippen LogP contribution >= 0.6 is 0 Å². The quantitative estimate of drug-likeness (QED) is 0.676. The molecule has 0 aromatic heterocycles. The van der Waals surface area contributed by atoms with Gasteiger partial charge in [-0.2, -0.15) is 0 Å². The minimum absolute atomic E-state index is 0.0808. The van der Waals surface area contributed by atoms with Crippen molar-refractivity contribution in [2.24, 2.45) is 0 Å². The minimum Gasteiger partial charge on any atom is -0.496 e. The minimum atomic E-state index is -3.82. The summed E-state index contributed by atoms with van der Waals surface area (Å²) in [6.45, 7) is 3.35. The number of aryl methyl sites for hydroxylation is 2. The summed E-state index contributed by atoms with van der Waals surface area (Å²) in [5.41, 5.74) is 3.98. The maximum atomic E-state index is 13.3. The highest BCUT2D eigenvalue weighted by molar-refractivity contribution is 7.89. The average Bonchev–Trinajstić information content (AvgIpc) is 3.36. The largest absolute Gasteiger partial charge is 0.496 e. The second-order valence-electron chi connectivity index (χ2n) is 8.68. The molecule has 1 saturated heterocycles. The number of rotatable bonds is 7. The van der Waals surface area contributed by atoms with Crippen LogP contribution in [0, 0.1) is 0 Å². The number of sulfonamides is 1. The topological polar surface area (TPSA) is 75.7 Å². The number of carbonyl (C=O) groups is 1. The van der Waals surface area contributed by atoms with Crippen LogP contribution < -0.4 is 9.46 Å². The molecule has 1 aliphatic heterocycles. The lowest BCUT2D eigenvalue weighted by Crippen LogP contribution is -2.30. The van der Waals surface area contributed by atoms with Crippen LogP contribution in [0.5, 0.6) is 5.75 Å². The van der Waals surface area contributed by atoms with Crippen molar-refractivity contribution in [3.8, 4) is 5.75 Å². The molecule has 2 aliphatic rings. The third-order valence-corrected chi connectivity index (χ3v) is 8.05. The molecule has 1 N–H and O–H groups in total. The van der Waals surface area contributed by atoms with Gasteiger partial charge in [0.1, 0.15) is 5.75 Å². The van der Waals surface area contributed by atoms with Crippen LogP contribution in [-0.4, -0.2) is 39.4 Å². The number of nitrogens with one attached hydrogen (secondary N) is 1. The lowest BCUT2D eigenvalue weighted by atomic mass is 9.89. The Hall–Kier alpha value is -2.38. The summed E-state index contributed by atoms with van der Waals surface area (Å²) in [5, 5.41) is 0. The summed E-state index contributed by atoms with van der Waals surface area (Å²) < 4.78 is 34.8. The van der Waals surface area contributed by atoms with Crippen molar-refractivity contribution in [3.05, 3.63) is 58.7 Å². The number of nitrogens with zero attached hydrogens (tertiary/aromatic N) is 1. The van der Waals surface area contributed by atoms with E-state index < -0.39 is 10.0 Å². The Balaban J connectivity index is 1.61. The normalized spacial score (nSPS) is 17.1. The molecule has 1 fully saturated rings. The molecule has 6 nitrogen and oxygen atoms in total. The molecule has 1 amide bonds. The van der Waals surface area contributed by atoms with Gasteiger partial charge in [0.15, 0.2) is 0 Å². The molecule has 0 radical (unpaired) electrons. The van der Waals surface area contributed by atoms with Crippen molar-refractivity contribution in [1.29, 1.82) is 0 Å². The average molecular weight is 457 g/mol. The number of hydrogen-bond acceptors (Lipinski definition) is 4. The number of likely N-dealkylation sites (tertiary alicyclic amines) is 1. The lowest BCUT2D eigenvalue weighted by Gasteiger charge is -2.22. The van der Waals surface area contributed by atoms with Crippen LogP contribution in [0.2, 0.25) is 0 Å². The fraction of sp³-hybridized carbons (Fsp3) is 0.480. The predicted molar refractivity (Wildman–Crippen MR) is 125 cm³/mol. The van der Waals surface area contributed by atoms with Crippen molar-refractivity contribution >= 4 is 15.9 Å². The first-order chi connectivity index (χ1) is 15.4. The molecule has 0 unspecified atom stereocenters. The van der Waals surface area contributed by atoms with Crippen molar-refractivity contribution < 1.29 is 17.9 Å². The van der Waals surface area contributed by atoms with E-state index >= 15 is 0 Å². The van der Waals surface area contributed by atoms with Crippen LogP contribution in [0.15, 0.2) is 41.3 Å². The highest BCUT2D eigenvalue weighted by Gasteiger charge is 2.27. The van der Waals surface area contributed by atoms with Crippen molar-refractivity contribution in [2.45, 2.75) is 62.8 Å². The second kappa shape index (κ2) is 9.63. The Morgan fingerprint density at radius 1 is 1.03 bits per heavy atom. The monoisotopic (exact) mass is 456 g/mol. The summed E-state index contributed by atoms with van der Waals surface area (Å²) in [5.74, 6) is 0.209. The molecule has 1 heterocycles. The Bertz CT molecular complexity index is 1090. The van der Waals surface area contributed by atoms with Gasteiger partial charge >= 0.3 is 0 Å². The maximum Gasteiger partial charge on any atom is 0.257 e. The predicted octanol–water partition coefficient (Wildman–Crippen LogP) is 4.24. The molecule has 1 aliphatic carbocycles. The standard InChI is InChI=1S/C25H32N2O4S/c1-3-23(20-11-10-18-8-4-5-9-19(18)16-20)26-32(29,30)21-12-13-24(31-2)22(17-21)25(28)27-14-6-7-15-27/h10-13,16-17,23,26H,3-9,14-15H2,1-2H3/t23-/m0/s1. The van der Waals surface area contributed by atoms with E-state index in [4.69, 9.17) is 4.74 Å². The van der Waals surface area contributed by atoms with Gasteiger partial charge in [-0.05, 0) is 79.8 Å². The van der Waals surface area contributed by atoms with E-state index in [-0.39, 0.29) is 16.8 Å². The molecule has 0 bridgehead atoms. The van der Waals surface area contributed by atoms with Crippen LogP contribution in [-0.2, 0) is 22.9 Å². The summed E-state index contributed by atoms with van der Waals surface area (Å²) in [6, 6.07) is 10.5. The summed E-state index contributed by atoms with van der Waals surface area (Å²) in [7, 11) is -2.33. The number of carbonyl (C=O) groups excluding carboxylic acids is 1. The highest BCUT2D eigenvalue weighted by atomic mass is 32.2. The van der Waals surface area contributed by atoms with Gasteiger partial charge in [-0.1, -0.05) is 25.1 Å². The van der Waals surface area contributed by atoms with Gasteiger partial charge < -0.3 is 9.64 Å². The molecular weight excluding hydrogens is 424 g/mol. The third kappa shape index (κ3) is 4.69. The number of fused-ring (bicyclic) bond motifs is 1. The first-order valence-electron chi connectivity index (χ1n) is 11.5. The van der Waals surface area contributed by atoms with Gasteiger partial charge in [0, 0.05) is 19.1 Å². The first-order valence-corrected chi connectivity index (χ1v) is 13.0. The lowest BCUT2D eigenvalue weighted by molar-refractivity contribution is 0.0789. The fourth-order valence-corrected chi connectivity index (χ4v) is 6.06. The zero-order valence-electron chi connectivity index (χ0n) is 18.9. The molecule has 7 heteroatoms. The Labute approximate surface area is 191 Å². The molecule has 2 aromatic rings. The highest BCUT2D eigenvalue weighted by Crippen LogP contribution is 2.29. The zero-order chi connectivity index (χ0) is 22.7. The molecule has 1 atom stereocenters. The second-order valence-corrected chi connectivity index (χ2v) is 10.4. The third-order valence-electron chi connectivity index (χ3n) is 6.59. The molecule has 0 spiro atoms. The van der Waals surface area contributed by atoms with Gasteiger partial charge in [-0.15, -0.1) is 0 Å². The molecule has 0 saturated carbocycles. The van der Waals surface area contributed by atoms with E-state index in [0.717, 1.165) is 31.2 Å². The summed E-state index contributed by atoms with van der Waals surface area (Å²) in [4.78, 5) is 14.8. The van der Waals surface area contributed by atoms with Crippen LogP contribution in [0.3, 0.4) is 0 Å². The van der Waals surface area contributed by atoms with Gasteiger partial charge in [-0.3, -0.25) is 4.79 Å². The van der Waals surface area contributed by atoms with E-state index in [1.54, 1.807) is 11.0 Å². The van der Waals surface area contributed by atoms with Gasteiger partial charge in [0.05, 0.1) is 17.6 Å². The number of benzene rings is 2. The SMILES string of the molecule is CC[C@H](NS(=O)(=O)c1ccc(OC)c(C(=O)N2CCCC2)c1)c1ccc2c(c1)CCCC2. The van der Waals surface area contributed by atoms with Gasteiger partial charge in [0.25, 0.3) is 5.91 Å². The van der Waals surface area contributed by atoms with Crippen molar-refractivity contribution in [3.63, 3.8) is 0 Å². The van der Waals surface area contributed by atoms with Crippen LogP contribution in [0.25, 0.3) is 0 Å². The van der Waals surface area contributed by atoms with E-state index in [9.17, 15) is 13.2 Å². The molecule has 172 valence electrons. The van der Waals surface area contributed by atoms with Crippen LogP contribution in [0.1, 0.15) is 72.1 Å². The van der Waals surface area contributed by atoms with E-state index in [2.05, 4.69) is 16.9 Å². The van der Waals surface area contributed by atoms with Gasteiger partial charge in [0.2, 0.25) is 10.0 Å². The molecule has 2 aromatic carbocycles. The molecule has 32 heavy (non-hydrogen) atoms. The van der Waals surface area contributed by atoms with E-state index in [1.807, 2.05) is 13.0 Å². The van der Waals surface area contributed by atoms with E-state index in [1.165, 1.54) is 43.2 Å². The maximum absolute atomic E-state index is 13.3. The smallest absolute Gasteiger partial charge is 0.257 e. The Morgan fingerprint density at radius 3 is 2.44 bits per heavy atom. The number of ether oxygens (including phenoxy) is 1. The van der Waals surface area contributed by atoms with Crippen LogP contribution in [0.4, 0.5) is 0 Å². The van der Waals surface area contributed by atoms with Gasteiger partial charge in [-0.25, -0.2) is 13.1 Å². The Kier molecular flexibility index (Phi) is 6.86. The molecular formula is C25H32N2O4S. The Morgan fingerprint density at radius 2 is 1.75 bits per heavy atom.